The lowest BCUT2D eigenvalue weighted by Crippen LogP contribution is -2.23. The van der Waals surface area contributed by atoms with E-state index in [1.54, 1.807) is 0 Å². The number of likely N-dealkylation sites (tertiary alicyclic amines) is 1. The number of hydrogen-bond donors (Lipinski definition) is 1. The van der Waals surface area contributed by atoms with Crippen molar-refractivity contribution in [1.29, 1.82) is 0 Å². The average molecular weight is 362 g/mol. The third kappa shape index (κ3) is 4.10. The van der Waals surface area contributed by atoms with E-state index in [9.17, 15) is 0 Å². The Morgan fingerprint density at radius 3 is 2.63 bits per heavy atom. The van der Waals surface area contributed by atoms with Gasteiger partial charge < -0.3 is 10.3 Å². The molecule has 1 aliphatic rings. The summed E-state index contributed by atoms with van der Waals surface area (Å²) in [6, 6.07) is 19.0. The predicted molar refractivity (Wildman–Crippen MR) is 105 cm³/mol. The summed E-state index contributed by atoms with van der Waals surface area (Å²) in [6.45, 7) is 5.46. The minimum absolute atomic E-state index is 0.464. The monoisotopic (exact) mass is 362 g/mol. The summed E-state index contributed by atoms with van der Waals surface area (Å²) in [5.41, 5.74) is 9.88. The Hall–Kier alpha value is -2.50. The van der Waals surface area contributed by atoms with Crippen molar-refractivity contribution in [2.24, 2.45) is 11.7 Å². The topological polar surface area (TPSA) is 68.2 Å². The molecule has 4 rings (SSSR count). The Labute approximate surface area is 160 Å². The van der Waals surface area contributed by atoms with Gasteiger partial charge in [0, 0.05) is 19.0 Å². The summed E-state index contributed by atoms with van der Waals surface area (Å²) in [4.78, 5) is 6.99. The molecule has 1 aliphatic heterocycles. The van der Waals surface area contributed by atoms with E-state index in [-0.39, 0.29) is 0 Å². The molecule has 1 saturated heterocycles. The first-order chi connectivity index (χ1) is 13.2. The van der Waals surface area contributed by atoms with E-state index in [2.05, 4.69) is 64.4 Å². The van der Waals surface area contributed by atoms with Crippen LogP contribution in [0.4, 0.5) is 0 Å². The summed E-state index contributed by atoms with van der Waals surface area (Å²) < 4.78 is 5.49. The van der Waals surface area contributed by atoms with Crippen LogP contribution in [0.5, 0.6) is 0 Å². The molecule has 0 aliphatic carbocycles. The van der Waals surface area contributed by atoms with Crippen molar-refractivity contribution >= 4 is 0 Å². The van der Waals surface area contributed by atoms with Gasteiger partial charge in [-0.2, -0.15) is 4.98 Å². The molecule has 2 atom stereocenters. The van der Waals surface area contributed by atoms with Gasteiger partial charge in [0.15, 0.2) is 5.82 Å². The van der Waals surface area contributed by atoms with Gasteiger partial charge in [-0.25, -0.2) is 0 Å². The zero-order valence-electron chi connectivity index (χ0n) is 15.7. The van der Waals surface area contributed by atoms with Gasteiger partial charge in [-0.3, -0.25) is 4.90 Å². The van der Waals surface area contributed by atoms with Gasteiger partial charge in [-0.05, 0) is 36.1 Å². The van der Waals surface area contributed by atoms with Crippen LogP contribution in [-0.2, 0) is 13.0 Å². The average Bonchev–Trinajstić information content (AvgIpc) is 3.31. The minimum atomic E-state index is 0.464. The summed E-state index contributed by atoms with van der Waals surface area (Å²) in [5, 5.41) is 4.20. The molecule has 2 heterocycles. The van der Waals surface area contributed by atoms with Gasteiger partial charge in [-0.1, -0.05) is 59.8 Å². The van der Waals surface area contributed by atoms with E-state index in [1.807, 2.05) is 12.1 Å². The molecule has 3 aromatic rings. The molecule has 1 aromatic heterocycles. The molecule has 0 unspecified atom stereocenters. The predicted octanol–water partition coefficient (Wildman–Crippen LogP) is 3.14. The van der Waals surface area contributed by atoms with Crippen LogP contribution < -0.4 is 5.73 Å². The van der Waals surface area contributed by atoms with Gasteiger partial charge in [-0.15, -0.1) is 0 Å². The number of aryl methyl sites for hydroxylation is 1. The maximum absolute atomic E-state index is 6.04. The highest BCUT2D eigenvalue weighted by Crippen LogP contribution is 2.32. The van der Waals surface area contributed by atoms with Gasteiger partial charge in [0.2, 0.25) is 5.89 Å². The van der Waals surface area contributed by atoms with Crippen LogP contribution in [0.15, 0.2) is 59.1 Å². The number of nitrogens with two attached hydrogens (primary N) is 1. The Balaban J connectivity index is 1.41. The highest BCUT2D eigenvalue weighted by molar-refractivity contribution is 5.27. The first-order valence-electron chi connectivity index (χ1n) is 9.56. The van der Waals surface area contributed by atoms with Gasteiger partial charge in [0.25, 0.3) is 0 Å². The van der Waals surface area contributed by atoms with E-state index >= 15 is 0 Å². The smallest absolute Gasteiger partial charge is 0.231 e. The fourth-order valence-corrected chi connectivity index (χ4v) is 4.00. The fourth-order valence-electron chi connectivity index (χ4n) is 4.00. The van der Waals surface area contributed by atoms with E-state index in [1.165, 1.54) is 16.7 Å². The van der Waals surface area contributed by atoms with Gasteiger partial charge >= 0.3 is 0 Å². The van der Waals surface area contributed by atoms with Crippen LogP contribution >= 0.6 is 0 Å². The number of rotatable bonds is 6. The van der Waals surface area contributed by atoms with Crippen molar-refractivity contribution in [3.63, 3.8) is 0 Å². The largest absolute Gasteiger partial charge is 0.339 e. The van der Waals surface area contributed by atoms with E-state index < -0.39 is 0 Å². The molecule has 5 heteroatoms. The highest BCUT2D eigenvalue weighted by Gasteiger charge is 2.33. The van der Waals surface area contributed by atoms with E-state index in [0.29, 0.717) is 37.2 Å². The number of hydrogen-bond acceptors (Lipinski definition) is 5. The van der Waals surface area contributed by atoms with Crippen molar-refractivity contribution in [3.8, 4) is 0 Å². The molecular formula is C22H26N4O. The third-order valence-corrected chi connectivity index (χ3v) is 5.53. The maximum Gasteiger partial charge on any atom is 0.231 e. The summed E-state index contributed by atoms with van der Waals surface area (Å²) >= 11 is 0. The first kappa shape index (κ1) is 17.9. The lowest BCUT2D eigenvalue weighted by molar-refractivity contribution is 0.298. The van der Waals surface area contributed by atoms with Crippen LogP contribution in [-0.4, -0.2) is 34.7 Å². The number of aromatic nitrogens is 2. The van der Waals surface area contributed by atoms with Crippen LogP contribution in [0.2, 0.25) is 0 Å². The van der Waals surface area contributed by atoms with Gasteiger partial charge in [0.05, 0.1) is 13.0 Å². The Kier molecular flexibility index (Phi) is 5.32. The quantitative estimate of drug-likeness (QED) is 0.730. The Morgan fingerprint density at radius 2 is 1.85 bits per heavy atom. The Morgan fingerprint density at radius 1 is 1.07 bits per heavy atom. The minimum Gasteiger partial charge on any atom is -0.339 e. The SMILES string of the molecule is Cc1ccccc1Cc1nc(CN2C[C@@H](CN)[C@H](c3ccccc3)C2)no1. The van der Waals surface area contributed by atoms with Crippen LogP contribution in [0, 0.1) is 12.8 Å². The van der Waals surface area contributed by atoms with Crippen LogP contribution in [0.3, 0.4) is 0 Å². The molecule has 0 spiro atoms. The second-order valence-electron chi connectivity index (χ2n) is 7.41. The van der Waals surface area contributed by atoms with E-state index in [0.717, 1.165) is 18.9 Å². The maximum atomic E-state index is 6.04. The Bertz CT molecular complexity index is 877. The molecule has 0 amide bonds. The van der Waals surface area contributed by atoms with Crippen molar-refractivity contribution in [1.82, 2.24) is 15.0 Å². The summed E-state index contributed by atoms with van der Waals surface area (Å²) in [6.07, 6.45) is 0.678. The second kappa shape index (κ2) is 8.03. The molecular weight excluding hydrogens is 336 g/mol. The molecule has 0 bridgehead atoms. The standard InChI is InChI=1S/C22H26N4O/c1-16-7-5-6-10-18(16)11-22-24-21(25-27-22)15-26-13-19(12-23)20(14-26)17-8-3-2-4-9-17/h2-10,19-20H,11-15,23H2,1H3/t19-,20+/m1/s1. The van der Waals surface area contributed by atoms with Crippen LogP contribution in [0.25, 0.3) is 0 Å². The zero-order valence-corrected chi connectivity index (χ0v) is 15.7. The normalized spacial score (nSPS) is 20.2. The zero-order chi connectivity index (χ0) is 18.6. The lowest BCUT2D eigenvalue weighted by atomic mass is 9.89. The van der Waals surface area contributed by atoms with Crippen LogP contribution in [0.1, 0.15) is 34.3 Å². The second-order valence-corrected chi connectivity index (χ2v) is 7.41. The lowest BCUT2D eigenvalue weighted by Gasteiger charge is -2.16. The molecule has 5 nitrogen and oxygen atoms in total. The van der Waals surface area contributed by atoms with Crippen molar-refractivity contribution in [2.75, 3.05) is 19.6 Å². The van der Waals surface area contributed by atoms with E-state index in [4.69, 9.17) is 10.3 Å². The van der Waals surface area contributed by atoms with Crippen molar-refractivity contribution < 1.29 is 4.52 Å². The highest BCUT2D eigenvalue weighted by atomic mass is 16.5. The molecule has 2 N–H and O–H groups in total. The fraction of sp³-hybridized carbons (Fsp3) is 0.364. The van der Waals surface area contributed by atoms with Crippen molar-refractivity contribution in [3.05, 3.63) is 83.0 Å². The summed E-state index contributed by atoms with van der Waals surface area (Å²) in [5.74, 6) is 2.36. The molecule has 0 radical (unpaired) electrons. The molecule has 2 aromatic carbocycles. The third-order valence-electron chi connectivity index (χ3n) is 5.53. The molecule has 0 saturated carbocycles. The number of nitrogens with zero attached hydrogens (tertiary/aromatic N) is 3. The molecule has 27 heavy (non-hydrogen) atoms. The molecule has 140 valence electrons. The van der Waals surface area contributed by atoms with Crippen molar-refractivity contribution in [2.45, 2.75) is 25.8 Å². The first-order valence-corrected chi connectivity index (χ1v) is 9.56. The number of benzene rings is 2. The molecule has 1 fully saturated rings. The summed E-state index contributed by atoms with van der Waals surface area (Å²) in [7, 11) is 0. The van der Waals surface area contributed by atoms with Gasteiger partial charge in [0.1, 0.15) is 0 Å².